The molecule has 1 aromatic carbocycles. The van der Waals surface area contributed by atoms with Crippen LogP contribution in [0.1, 0.15) is 24.2 Å². The Labute approximate surface area is 118 Å². The molecule has 0 aromatic heterocycles. The van der Waals surface area contributed by atoms with Gasteiger partial charge in [0.25, 0.3) is 5.91 Å². The molecular weight excluding hydrogens is 258 g/mol. The van der Waals surface area contributed by atoms with Crippen LogP contribution >= 0.6 is 0 Å². The van der Waals surface area contributed by atoms with E-state index in [-0.39, 0.29) is 12.5 Å². The summed E-state index contributed by atoms with van der Waals surface area (Å²) in [5.41, 5.74) is -0.650. The molecule has 1 rings (SSSR count). The van der Waals surface area contributed by atoms with Crippen molar-refractivity contribution in [1.82, 2.24) is 5.32 Å². The van der Waals surface area contributed by atoms with Gasteiger partial charge in [-0.25, -0.2) is 0 Å². The summed E-state index contributed by atoms with van der Waals surface area (Å²) in [6.45, 7) is 6.99. The van der Waals surface area contributed by atoms with Crippen LogP contribution in [0, 0.1) is 5.41 Å². The van der Waals surface area contributed by atoms with Gasteiger partial charge < -0.3 is 15.2 Å². The summed E-state index contributed by atoms with van der Waals surface area (Å²) in [6, 6.07) is 6.79. The largest absolute Gasteiger partial charge is 0.489 e. The second-order valence-corrected chi connectivity index (χ2v) is 4.97. The van der Waals surface area contributed by atoms with Crippen molar-refractivity contribution in [1.29, 1.82) is 0 Å². The summed E-state index contributed by atoms with van der Waals surface area (Å²) in [5.74, 6) is -0.883. The van der Waals surface area contributed by atoms with E-state index in [9.17, 15) is 9.59 Å². The minimum absolute atomic E-state index is 0.0387. The Balaban J connectivity index is 2.77. The van der Waals surface area contributed by atoms with Gasteiger partial charge in [-0.05, 0) is 26.0 Å². The van der Waals surface area contributed by atoms with E-state index < -0.39 is 11.4 Å². The fraction of sp³-hybridized carbons (Fsp3) is 0.333. The lowest BCUT2D eigenvalue weighted by atomic mass is 9.94. The summed E-state index contributed by atoms with van der Waals surface area (Å²) in [4.78, 5) is 23.1. The zero-order valence-electron chi connectivity index (χ0n) is 11.7. The average molecular weight is 277 g/mol. The zero-order chi connectivity index (χ0) is 15.2. The molecule has 108 valence electrons. The Morgan fingerprint density at radius 2 is 2.05 bits per heavy atom. The van der Waals surface area contributed by atoms with Crippen molar-refractivity contribution < 1.29 is 19.4 Å². The number of carbonyl (C=O) groups excluding carboxylic acids is 1. The predicted molar refractivity (Wildman–Crippen MR) is 75.9 cm³/mol. The highest BCUT2D eigenvalue weighted by Gasteiger charge is 2.28. The number of nitrogens with one attached hydrogen (secondary N) is 1. The Hall–Kier alpha value is -2.30. The maximum atomic E-state index is 12.1. The van der Waals surface area contributed by atoms with Crippen molar-refractivity contribution in [3.05, 3.63) is 42.5 Å². The number of benzene rings is 1. The molecule has 20 heavy (non-hydrogen) atoms. The van der Waals surface area contributed by atoms with Gasteiger partial charge in [0.15, 0.2) is 0 Å². The van der Waals surface area contributed by atoms with E-state index in [0.717, 1.165) is 0 Å². The molecule has 0 spiro atoms. The van der Waals surface area contributed by atoms with Gasteiger partial charge in [-0.1, -0.05) is 24.8 Å². The van der Waals surface area contributed by atoms with Crippen LogP contribution < -0.4 is 10.1 Å². The van der Waals surface area contributed by atoms with Gasteiger partial charge in [0.1, 0.15) is 12.4 Å². The van der Waals surface area contributed by atoms with E-state index in [1.54, 1.807) is 44.2 Å². The van der Waals surface area contributed by atoms with Crippen LogP contribution in [-0.2, 0) is 4.79 Å². The van der Waals surface area contributed by atoms with E-state index >= 15 is 0 Å². The van der Waals surface area contributed by atoms with Gasteiger partial charge in [-0.15, -0.1) is 0 Å². The summed E-state index contributed by atoms with van der Waals surface area (Å²) in [7, 11) is 0. The van der Waals surface area contributed by atoms with Crippen LogP contribution in [0.2, 0.25) is 0 Å². The smallest absolute Gasteiger partial charge is 0.310 e. The van der Waals surface area contributed by atoms with Gasteiger partial charge in [0, 0.05) is 6.54 Å². The molecule has 5 heteroatoms. The Bertz CT molecular complexity index is 508. The molecule has 0 atom stereocenters. The van der Waals surface area contributed by atoms with E-state index in [4.69, 9.17) is 9.84 Å². The molecule has 1 aromatic rings. The Morgan fingerprint density at radius 1 is 1.40 bits per heavy atom. The molecule has 5 nitrogen and oxygen atoms in total. The van der Waals surface area contributed by atoms with Crippen molar-refractivity contribution in [2.45, 2.75) is 13.8 Å². The van der Waals surface area contributed by atoms with Crippen molar-refractivity contribution >= 4 is 11.9 Å². The number of ether oxygens (including phenoxy) is 1. The summed E-state index contributed by atoms with van der Waals surface area (Å²) >= 11 is 0. The van der Waals surface area contributed by atoms with Crippen LogP contribution in [0.25, 0.3) is 0 Å². The number of carboxylic acids is 1. The SMILES string of the molecule is C=CCOc1ccccc1C(=O)NCC(C)(C)C(=O)O. The first kappa shape index (κ1) is 15.8. The Kier molecular flexibility index (Phi) is 5.32. The summed E-state index contributed by atoms with van der Waals surface area (Å²) in [6.07, 6.45) is 1.59. The summed E-state index contributed by atoms with van der Waals surface area (Å²) < 4.78 is 5.39. The molecule has 0 radical (unpaired) electrons. The number of rotatable bonds is 7. The van der Waals surface area contributed by atoms with E-state index in [0.29, 0.717) is 17.9 Å². The van der Waals surface area contributed by atoms with Gasteiger partial charge in [-0.2, -0.15) is 0 Å². The van der Waals surface area contributed by atoms with Crippen molar-refractivity contribution in [3.8, 4) is 5.75 Å². The number of carboxylic acid groups (broad SMARTS) is 1. The van der Waals surface area contributed by atoms with E-state index in [1.807, 2.05) is 0 Å². The minimum Gasteiger partial charge on any atom is -0.489 e. The molecule has 1 amide bonds. The van der Waals surface area contributed by atoms with Crippen molar-refractivity contribution in [3.63, 3.8) is 0 Å². The molecular formula is C15H19NO4. The van der Waals surface area contributed by atoms with E-state index in [1.165, 1.54) is 0 Å². The maximum Gasteiger partial charge on any atom is 0.310 e. The van der Waals surface area contributed by atoms with E-state index in [2.05, 4.69) is 11.9 Å². The molecule has 0 aliphatic heterocycles. The lowest BCUT2D eigenvalue weighted by Gasteiger charge is -2.20. The van der Waals surface area contributed by atoms with Crippen molar-refractivity contribution in [2.75, 3.05) is 13.2 Å². The summed E-state index contributed by atoms with van der Waals surface area (Å²) in [5, 5.41) is 11.6. The maximum absolute atomic E-state index is 12.1. The number of para-hydroxylation sites is 1. The molecule has 0 aliphatic carbocycles. The Morgan fingerprint density at radius 3 is 2.65 bits per heavy atom. The highest BCUT2D eigenvalue weighted by Crippen LogP contribution is 2.19. The molecule has 0 bridgehead atoms. The molecule has 0 aliphatic rings. The quantitative estimate of drug-likeness (QED) is 0.748. The lowest BCUT2D eigenvalue weighted by Crippen LogP contribution is -2.39. The first-order valence-electron chi connectivity index (χ1n) is 6.23. The van der Waals surface area contributed by atoms with Crippen LogP contribution in [0.5, 0.6) is 5.75 Å². The molecule has 2 N–H and O–H groups in total. The van der Waals surface area contributed by atoms with Gasteiger partial charge in [-0.3, -0.25) is 9.59 Å². The number of aliphatic carboxylic acids is 1. The third kappa shape index (κ3) is 4.12. The second kappa shape index (κ2) is 6.75. The second-order valence-electron chi connectivity index (χ2n) is 4.97. The van der Waals surface area contributed by atoms with Crippen LogP contribution in [0.15, 0.2) is 36.9 Å². The van der Waals surface area contributed by atoms with Gasteiger partial charge in [0.2, 0.25) is 0 Å². The van der Waals surface area contributed by atoms with Crippen LogP contribution in [0.3, 0.4) is 0 Å². The lowest BCUT2D eigenvalue weighted by molar-refractivity contribution is -0.146. The fourth-order valence-corrected chi connectivity index (χ4v) is 1.40. The zero-order valence-corrected chi connectivity index (χ0v) is 11.7. The highest BCUT2D eigenvalue weighted by atomic mass is 16.5. The third-order valence-corrected chi connectivity index (χ3v) is 2.76. The van der Waals surface area contributed by atoms with Crippen LogP contribution in [-0.4, -0.2) is 30.1 Å². The number of hydrogen-bond acceptors (Lipinski definition) is 3. The number of hydrogen-bond donors (Lipinski definition) is 2. The standard InChI is InChI=1S/C15H19NO4/c1-4-9-20-12-8-6-5-7-11(12)13(17)16-10-15(2,3)14(18)19/h4-8H,1,9-10H2,2-3H3,(H,16,17)(H,18,19). The number of carbonyl (C=O) groups is 2. The topological polar surface area (TPSA) is 75.6 Å². The van der Waals surface area contributed by atoms with Crippen molar-refractivity contribution in [2.24, 2.45) is 5.41 Å². The molecule has 0 heterocycles. The first-order valence-corrected chi connectivity index (χ1v) is 6.23. The normalized spacial score (nSPS) is 10.7. The predicted octanol–water partition coefficient (Wildman–Crippen LogP) is 2.09. The molecule has 0 saturated carbocycles. The fourth-order valence-electron chi connectivity index (χ4n) is 1.40. The first-order chi connectivity index (χ1) is 9.38. The van der Waals surface area contributed by atoms with Gasteiger partial charge in [0.05, 0.1) is 11.0 Å². The monoisotopic (exact) mass is 277 g/mol. The van der Waals surface area contributed by atoms with Gasteiger partial charge >= 0.3 is 5.97 Å². The third-order valence-electron chi connectivity index (χ3n) is 2.76. The highest BCUT2D eigenvalue weighted by molar-refractivity contribution is 5.97. The molecule has 0 unspecified atom stereocenters. The molecule has 0 fully saturated rings. The average Bonchev–Trinajstić information content (AvgIpc) is 2.42. The van der Waals surface area contributed by atoms with Crippen LogP contribution in [0.4, 0.5) is 0 Å². The minimum atomic E-state index is -1.02. The molecule has 0 saturated heterocycles. The number of amides is 1.